The number of rotatable bonds is 3. The van der Waals surface area contributed by atoms with Crippen LogP contribution in [0.5, 0.6) is 0 Å². The standard InChI is InChI=1S/C8H6NO6/c10-6(11)3-1-4(7(12)13)9-5(2-3)8(14)15/h1-2,4H,(H,10,11)(H,12,13)(H,14,15). The highest BCUT2D eigenvalue weighted by Gasteiger charge is 2.27. The summed E-state index contributed by atoms with van der Waals surface area (Å²) in [5.41, 5.74) is -0.975. The SMILES string of the molecule is O=C(O)C1=CC(C(=O)O)[N]C(C(=O)O)=C1. The molecule has 1 aliphatic heterocycles. The fourth-order valence-corrected chi connectivity index (χ4v) is 0.966. The fourth-order valence-electron chi connectivity index (χ4n) is 0.966. The first-order chi connectivity index (χ1) is 6.91. The zero-order valence-corrected chi connectivity index (χ0v) is 7.25. The zero-order valence-electron chi connectivity index (χ0n) is 7.25. The average molecular weight is 212 g/mol. The Balaban J connectivity index is 3.07. The Kier molecular flexibility index (Phi) is 2.75. The maximum absolute atomic E-state index is 10.6. The van der Waals surface area contributed by atoms with Crippen molar-refractivity contribution in [3.05, 3.63) is 23.4 Å². The Morgan fingerprint density at radius 3 is 2.13 bits per heavy atom. The maximum atomic E-state index is 10.6. The number of carboxylic acids is 3. The van der Waals surface area contributed by atoms with Crippen molar-refractivity contribution in [3.63, 3.8) is 0 Å². The van der Waals surface area contributed by atoms with Gasteiger partial charge in [-0.05, 0) is 12.2 Å². The molecule has 0 bridgehead atoms. The van der Waals surface area contributed by atoms with Crippen LogP contribution in [0.15, 0.2) is 23.4 Å². The van der Waals surface area contributed by atoms with Crippen LogP contribution >= 0.6 is 0 Å². The van der Waals surface area contributed by atoms with Crippen LogP contribution in [-0.4, -0.2) is 39.3 Å². The van der Waals surface area contributed by atoms with Gasteiger partial charge in [-0.15, -0.1) is 0 Å². The van der Waals surface area contributed by atoms with Gasteiger partial charge in [-0.3, -0.25) is 5.32 Å². The molecule has 0 aliphatic carbocycles. The zero-order chi connectivity index (χ0) is 11.6. The molecule has 1 radical (unpaired) electrons. The van der Waals surface area contributed by atoms with E-state index in [1.54, 1.807) is 0 Å². The molecule has 0 aromatic carbocycles. The summed E-state index contributed by atoms with van der Waals surface area (Å²) in [7, 11) is 0. The van der Waals surface area contributed by atoms with Crippen molar-refractivity contribution in [2.75, 3.05) is 0 Å². The first-order valence-corrected chi connectivity index (χ1v) is 3.75. The van der Waals surface area contributed by atoms with Crippen LogP contribution in [0.4, 0.5) is 0 Å². The Labute approximate surface area is 83.3 Å². The van der Waals surface area contributed by atoms with Gasteiger partial charge in [-0.2, -0.15) is 0 Å². The summed E-state index contributed by atoms with van der Waals surface area (Å²) in [6, 6.07) is -1.47. The maximum Gasteiger partial charge on any atom is 0.354 e. The molecule has 0 aromatic rings. The Morgan fingerprint density at radius 1 is 1.13 bits per heavy atom. The lowest BCUT2D eigenvalue weighted by Crippen LogP contribution is -2.34. The molecule has 1 rings (SSSR count). The number of carboxylic acid groups (broad SMARTS) is 3. The van der Waals surface area contributed by atoms with E-state index in [-0.39, 0.29) is 0 Å². The molecular weight excluding hydrogens is 206 g/mol. The molecule has 0 fully saturated rings. The van der Waals surface area contributed by atoms with Crippen LogP contribution in [-0.2, 0) is 14.4 Å². The van der Waals surface area contributed by atoms with E-state index in [1.165, 1.54) is 0 Å². The van der Waals surface area contributed by atoms with Crippen LogP contribution in [0.25, 0.3) is 0 Å². The monoisotopic (exact) mass is 212 g/mol. The largest absolute Gasteiger partial charge is 0.479 e. The van der Waals surface area contributed by atoms with Gasteiger partial charge in [0.05, 0.1) is 5.57 Å². The first-order valence-electron chi connectivity index (χ1n) is 3.75. The average Bonchev–Trinajstić information content (AvgIpc) is 2.16. The number of carbonyl (C=O) groups is 3. The molecule has 0 spiro atoms. The Bertz CT molecular complexity index is 394. The molecule has 79 valence electrons. The summed E-state index contributed by atoms with van der Waals surface area (Å²) in [5, 5.41) is 29.1. The van der Waals surface area contributed by atoms with E-state index in [4.69, 9.17) is 15.3 Å². The fraction of sp³-hybridized carbons (Fsp3) is 0.125. The summed E-state index contributed by atoms with van der Waals surface area (Å²) in [4.78, 5) is 31.6. The molecule has 0 saturated heterocycles. The molecule has 1 unspecified atom stereocenters. The third kappa shape index (κ3) is 2.33. The molecule has 15 heavy (non-hydrogen) atoms. The molecule has 3 N–H and O–H groups in total. The molecular formula is C8H6NO6. The second-order valence-electron chi connectivity index (χ2n) is 2.67. The molecule has 7 heteroatoms. The molecule has 1 atom stereocenters. The van der Waals surface area contributed by atoms with E-state index in [0.717, 1.165) is 12.2 Å². The van der Waals surface area contributed by atoms with E-state index < -0.39 is 35.2 Å². The number of hydrogen-bond donors (Lipinski definition) is 3. The summed E-state index contributed by atoms with van der Waals surface area (Å²) < 4.78 is 0. The van der Waals surface area contributed by atoms with Gasteiger partial charge in [-0.25, -0.2) is 14.4 Å². The normalized spacial score (nSPS) is 19.6. The van der Waals surface area contributed by atoms with E-state index >= 15 is 0 Å². The lowest BCUT2D eigenvalue weighted by Gasteiger charge is -2.14. The summed E-state index contributed by atoms with van der Waals surface area (Å²) in [6.45, 7) is 0. The minimum absolute atomic E-state index is 0.394. The molecule has 0 amide bonds. The van der Waals surface area contributed by atoms with Crippen molar-refractivity contribution < 1.29 is 29.7 Å². The highest BCUT2D eigenvalue weighted by molar-refractivity contribution is 5.97. The Hall–Kier alpha value is -2.31. The second-order valence-corrected chi connectivity index (χ2v) is 2.67. The van der Waals surface area contributed by atoms with E-state index in [0.29, 0.717) is 0 Å². The molecule has 0 saturated carbocycles. The van der Waals surface area contributed by atoms with Crippen molar-refractivity contribution >= 4 is 17.9 Å². The molecule has 7 nitrogen and oxygen atoms in total. The third-order valence-electron chi connectivity index (χ3n) is 1.63. The second kappa shape index (κ2) is 3.82. The summed E-state index contributed by atoms with van der Waals surface area (Å²) in [5.74, 6) is -4.26. The van der Waals surface area contributed by atoms with Crippen LogP contribution < -0.4 is 5.32 Å². The third-order valence-corrected chi connectivity index (χ3v) is 1.63. The van der Waals surface area contributed by atoms with Crippen LogP contribution in [0.1, 0.15) is 0 Å². The Morgan fingerprint density at radius 2 is 1.73 bits per heavy atom. The van der Waals surface area contributed by atoms with Crippen molar-refractivity contribution in [1.82, 2.24) is 5.32 Å². The number of hydrogen-bond acceptors (Lipinski definition) is 3. The van der Waals surface area contributed by atoms with Crippen molar-refractivity contribution in [2.24, 2.45) is 0 Å². The van der Waals surface area contributed by atoms with Gasteiger partial charge in [0, 0.05) is 0 Å². The van der Waals surface area contributed by atoms with Gasteiger partial charge in [0.15, 0.2) is 6.04 Å². The van der Waals surface area contributed by atoms with Crippen LogP contribution in [0.3, 0.4) is 0 Å². The smallest absolute Gasteiger partial charge is 0.354 e. The lowest BCUT2D eigenvalue weighted by atomic mass is 10.1. The van der Waals surface area contributed by atoms with Gasteiger partial charge in [0.2, 0.25) is 0 Å². The topological polar surface area (TPSA) is 126 Å². The van der Waals surface area contributed by atoms with E-state index in [2.05, 4.69) is 5.32 Å². The first kappa shape index (κ1) is 10.8. The molecule has 1 heterocycles. The van der Waals surface area contributed by atoms with Gasteiger partial charge >= 0.3 is 17.9 Å². The van der Waals surface area contributed by atoms with Gasteiger partial charge in [0.25, 0.3) is 0 Å². The summed E-state index contributed by atoms with van der Waals surface area (Å²) >= 11 is 0. The quantitative estimate of drug-likeness (QED) is 0.552. The van der Waals surface area contributed by atoms with Gasteiger partial charge in [-0.1, -0.05) is 0 Å². The predicted octanol–water partition coefficient (Wildman–Crippen LogP) is -0.963. The van der Waals surface area contributed by atoms with E-state index in [1.807, 2.05) is 0 Å². The highest BCUT2D eigenvalue weighted by atomic mass is 16.4. The van der Waals surface area contributed by atoms with Crippen molar-refractivity contribution in [2.45, 2.75) is 6.04 Å². The van der Waals surface area contributed by atoms with Gasteiger partial charge in [0.1, 0.15) is 5.70 Å². The van der Waals surface area contributed by atoms with Crippen molar-refractivity contribution in [3.8, 4) is 0 Å². The van der Waals surface area contributed by atoms with E-state index in [9.17, 15) is 14.4 Å². The predicted molar refractivity (Wildman–Crippen MR) is 45.0 cm³/mol. The van der Waals surface area contributed by atoms with Crippen molar-refractivity contribution in [1.29, 1.82) is 0 Å². The molecule has 0 aromatic heterocycles. The molecule has 1 aliphatic rings. The van der Waals surface area contributed by atoms with Crippen LogP contribution in [0.2, 0.25) is 0 Å². The summed E-state index contributed by atoms with van der Waals surface area (Å²) in [6.07, 6.45) is 1.68. The minimum Gasteiger partial charge on any atom is -0.479 e. The minimum atomic E-state index is -1.47. The number of aliphatic carboxylic acids is 3. The lowest BCUT2D eigenvalue weighted by molar-refractivity contribution is -0.138. The van der Waals surface area contributed by atoms with Crippen LogP contribution in [0, 0.1) is 0 Å². The highest BCUT2D eigenvalue weighted by Crippen LogP contribution is 2.12. The van der Waals surface area contributed by atoms with Gasteiger partial charge < -0.3 is 15.3 Å². The number of nitrogens with zero attached hydrogens (tertiary/aromatic N) is 1.